The van der Waals surface area contributed by atoms with Crippen LogP contribution in [0.25, 0.3) is 0 Å². The second-order valence-electron chi connectivity index (χ2n) is 16.8. The standard InChI is InChI=1S/C46H53N/c1-45(24-7-10-33-16-20-41-39-11-4-2-3-8-32(39)15-21-42(41)43(33)30-45)44(47)22-18-37-29-35(23-25-46(37)26-27-46)34-17-19-40-36(28-34)14-13-31-9-5-6-12-38(31)40/h3-6,8-9,11-12,16-18,20,29,36,40-42,47H,2,7,10,13-15,19,21-28,30H2,1H3. The van der Waals surface area contributed by atoms with Gasteiger partial charge in [-0.2, -0.15) is 0 Å². The van der Waals surface area contributed by atoms with Gasteiger partial charge in [0.15, 0.2) is 0 Å². The molecule has 5 unspecified atom stereocenters. The highest BCUT2D eigenvalue weighted by molar-refractivity contribution is 5.89. The maximum atomic E-state index is 9.62. The van der Waals surface area contributed by atoms with Crippen LogP contribution in [0.1, 0.15) is 120 Å². The van der Waals surface area contributed by atoms with Crippen LogP contribution in [0, 0.1) is 34.0 Å². The van der Waals surface area contributed by atoms with Crippen molar-refractivity contribution >= 4 is 5.71 Å². The molecule has 1 fully saturated rings. The van der Waals surface area contributed by atoms with Crippen molar-refractivity contribution < 1.29 is 0 Å². The first-order chi connectivity index (χ1) is 23.0. The van der Waals surface area contributed by atoms with E-state index >= 15 is 0 Å². The lowest BCUT2D eigenvalue weighted by atomic mass is 9.64. The minimum absolute atomic E-state index is 0.0339. The lowest BCUT2D eigenvalue weighted by molar-refractivity contribution is 0.354. The van der Waals surface area contributed by atoms with Gasteiger partial charge in [-0.05, 0) is 164 Å². The largest absolute Gasteiger partial charge is 0.309 e. The molecular formula is C46H53N. The Morgan fingerprint density at radius 1 is 0.894 bits per heavy atom. The van der Waals surface area contributed by atoms with Gasteiger partial charge in [0.05, 0.1) is 0 Å². The first kappa shape index (κ1) is 29.9. The van der Waals surface area contributed by atoms with Gasteiger partial charge in [-0.3, -0.25) is 0 Å². The van der Waals surface area contributed by atoms with Crippen molar-refractivity contribution in [1.82, 2.24) is 0 Å². The summed E-state index contributed by atoms with van der Waals surface area (Å²) in [5, 5.41) is 9.62. The van der Waals surface area contributed by atoms with E-state index in [1.54, 1.807) is 50.1 Å². The molecule has 1 heteroatoms. The summed E-state index contributed by atoms with van der Waals surface area (Å²) in [4.78, 5) is 0. The van der Waals surface area contributed by atoms with Gasteiger partial charge in [-0.25, -0.2) is 0 Å². The predicted octanol–water partition coefficient (Wildman–Crippen LogP) is 12.2. The predicted molar refractivity (Wildman–Crippen MR) is 197 cm³/mol. The van der Waals surface area contributed by atoms with Gasteiger partial charge >= 0.3 is 0 Å². The lowest BCUT2D eigenvalue weighted by Crippen LogP contribution is -2.31. The highest BCUT2D eigenvalue weighted by atomic mass is 14.5. The lowest BCUT2D eigenvalue weighted by Gasteiger charge is -2.40. The van der Waals surface area contributed by atoms with Crippen LogP contribution in [0.2, 0.25) is 0 Å². The fourth-order valence-corrected chi connectivity index (χ4v) is 11.1. The molecule has 1 spiro atoms. The Hall–Kier alpha value is -3.19. The molecule has 0 amide bonds. The van der Waals surface area contributed by atoms with Crippen molar-refractivity contribution in [1.29, 1.82) is 5.41 Å². The first-order valence-corrected chi connectivity index (χ1v) is 19.2. The molecule has 47 heavy (non-hydrogen) atoms. The van der Waals surface area contributed by atoms with Crippen LogP contribution in [-0.2, 0) is 6.42 Å². The first-order valence-electron chi connectivity index (χ1n) is 19.2. The van der Waals surface area contributed by atoms with Gasteiger partial charge in [-0.15, -0.1) is 0 Å². The zero-order chi connectivity index (χ0) is 31.6. The molecule has 0 aromatic heterocycles. The number of hydrogen-bond acceptors (Lipinski definition) is 1. The minimum atomic E-state index is -0.0339. The number of nitrogens with one attached hydrogen (secondary N) is 1. The fraction of sp³-hybridized carbons (Fsp3) is 0.500. The number of rotatable bonds is 4. The van der Waals surface area contributed by atoms with E-state index in [0.29, 0.717) is 17.3 Å². The number of benzene rings is 1. The molecule has 5 atom stereocenters. The second kappa shape index (κ2) is 11.7. The fourth-order valence-electron chi connectivity index (χ4n) is 11.1. The molecule has 8 aliphatic rings. The molecule has 1 nitrogen and oxygen atoms in total. The Morgan fingerprint density at radius 3 is 2.70 bits per heavy atom. The summed E-state index contributed by atoms with van der Waals surface area (Å²) in [6.07, 6.45) is 41.6. The summed E-state index contributed by atoms with van der Waals surface area (Å²) in [6, 6.07) is 9.24. The van der Waals surface area contributed by atoms with E-state index in [1.165, 1.54) is 77.0 Å². The summed E-state index contributed by atoms with van der Waals surface area (Å²) >= 11 is 0. The Balaban J connectivity index is 0.937. The zero-order valence-electron chi connectivity index (χ0n) is 28.6. The van der Waals surface area contributed by atoms with Crippen LogP contribution >= 0.6 is 0 Å². The van der Waals surface area contributed by atoms with E-state index in [0.717, 1.165) is 43.2 Å². The third kappa shape index (κ3) is 5.32. The SMILES string of the molecule is CC1(C(=N)CC=C2C=C(C3=CCC4c5ccccc5CCC4C3)CCC23CC3)CCCC2=C(C1)C1CCC3=C(C=CCC=C3)C1C=C2. The number of aryl methyl sites for hydroxylation is 1. The molecule has 1 N–H and O–H groups in total. The van der Waals surface area contributed by atoms with Crippen LogP contribution in [0.3, 0.4) is 0 Å². The van der Waals surface area contributed by atoms with Crippen molar-refractivity contribution in [3.8, 4) is 0 Å². The Labute approximate surface area is 283 Å². The summed E-state index contributed by atoms with van der Waals surface area (Å²) in [5.74, 6) is 2.65. The molecule has 0 radical (unpaired) electrons. The second-order valence-corrected chi connectivity index (χ2v) is 16.8. The van der Waals surface area contributed by atoms with Crippen molar-refractivity contribution in [3.05, 3.63) is 129 Å². The summed E-state index contributed by atoms with van der Waals surface area (Å²) in [6.45, 7) is 2.44. The van der Waals surface area contributed by atoms with Crippen LogP contribution in [0.5, 0.6) is 0 Å². The van der Waals surface area contributed by atoms with Crippen LogP contribution in [-0.4, -0.2) is 5.71 Å². The van der Waals surface area contributed by atoms with Gasteiger partial charge in [0, 0.05) is 23.5 Å². The summed E-state index contributed by atoms with van der Waals surface area (Å²) in [7, 11) is 0. The Bertz CT molecular complexity index is 1740. The van der Waals surface area contributed by atoms with Gasteiger partial charge < -0.3 is 5.41 Å². The van der Waals surface area contributed by atoms with E-state index in [-0.39, 0.29) is 5.41 Å². The third-order valence-corrected chi connectivity index (χ3v) is 14.1. The van der Waals surface area contributed by atoms with Crippen LogP contribution < -0.4 is 0 Å². The highest BCUT2D eigenvalue weighted by Crippen LogP contribution is 2.60. The van der Waals surface area contributed by atoms with Crippen molar-refractivity contribution in [2.24, 2.45) is 28.6 Å². The monoisotopic (exact) mass is 619 g/mol. The van der Waals surface area contributed by atoms with E-state index in [2.05, 4.69) is 85.9 Å². The normalized spacial score (nSPS) is 34.4. The maximum Gasteiger partial charge on any atom is 0.0189 e. The third-order valence-electron chi connectivity index (χ3n) is 14.1. The molecule has 0 saturated heterocycles. The van der Waals surface area contributed by atoms with Crippen molar-refractivity contribution in [2.45, 2.75) is 116 Å². The molecule has 1 aromatic carbocycles. The Morgan fingerprint density at radius 2 is 1.79 bits per heavy atom. The molecule has 1 aromatic rings. The maximum absolute atomic E-state index is 9.62. The van der Waals surface area contributed by atoms with Gasteiger partial charge in [0.2, 0.25) is 0 Å². The molecule has 242 valence electrons. The molecule has 9 rings (SSSR count). The van der Waals surface area contributed by atoms with E-state index < -0.39 is 0 Å². The van der Waals surface area contributed by atoms with Gasteiger partial charge in [0.25, 0.3) is 0 Å². The van der Waals surface area contributed by atoms with Crippen LogP contribution in [0.4, 0.5) is 0 Å². The van der Waals surface area contributed by atoms with E-state index in [9.17, 15) is 5.41 Å². The number of hydrogen-bond donors (Lipinski definition) is 1. The van der Waals surface area contributed by atoms with Crippen LogP contribution in [0.15, 0.2) is 118 Å². The van der Waals surface area contributed by atoms with E-state index in [1.807, 2.05) is 0 Å². The highest BCUT2D eigenvalue weighted by Gasteiger charge is 2.47. The van der Waals surface area contributed by atoms with Gasteiger partial charge in [-0.1, -0.05) is 91.4 Å². The Kier molecular flexibility index (Phi) is 7.48. The molecule has 1 saturated carbocycles. The smallest absolute Gasteiger partial charge is 0.0189 e. The van der Waals surface area contributed by atoms with Crippen molar-refractivity contribution in [3.63, 3.8) is 0 Å². The number of fused-ring (bicyclic) bond motifs is 6. The molecule has 0 aliphatic heterocycles. The molecule has 0 heterocycles. The average Bonchev–Trinajstić information content (AvgIpc) is 3.93. The number of allylic oxidation sites excluding steroid dienone is 16. The molecule has 8 aliphatic carbocycles. The van der Waals surface area contributed by atoms with E-state index in [4.69, 9.17) is 0 Å². The average molecular weight is 620 g/mol. The van der Waals surface area contributed by atoms with Gasteiger partial charge in [0.1, 0.15) is 0 Å². The molecular weight excluding hydrogens is 567 g/mol. The zero-order valence-corrected chi connectivity index (χ0v) is 28.6. The molecule has 0 bridgehead atoms. The van der Waals surface area contributed by atoms with Crippen molar-refractivity contribution in [2.75, 3.05) is 0 Å². The minimum Gasteiger partial charge on any atom is -0.309 e. The summed E-state index contributed by atoms with van der Waals surface area (Å²) in [5.41, 5.74) is 15.9. The quantitative estimate of drug-likeness (QED) is 0.324. The topological polar surface area (TPSA) is 23.9 Å². The summed E-state index contributed by atoms with van der Waals surface area (Å²) < 4.78 is 0.